The highest BCUT2D eigenvalue weighted by molar-refractivity contribution is 4.96. The van der Waals surface area contributed by atoms with Gasteiger partial charge in [-0.15, -0.1) is 0 Å². The summed E-state index contributed by atoms with van der Waals surface area (Å²) in [5.74, 6) is 0. The molecule has 0 radical (unpaired) electrons. The van der Waals surface area contributed by atoms with E-state index in [-0.39, 0.29) is 0 Å². The van der Waals surface area contributed by atoms with Gasteiger partial charge in [0, 0.05) is 6.54 Å². The summed E-state index contributed by atoms with van der Waals surface area (Å²) in [7, 11) is 2.24. The van der Waals surface area contributed by atoms with Gasteiger partial charge in [-0.1, -0.05) is 0 Å². The lowest BCUT2D eigenvalue weighted by molar-refractivity contribution is 0.00598. The number of ether oxygens (including phenoxy) is 1. The van der Waals surface area contributed by atoms with Crippen LogP contribution in [0.4, 0.5) is 0 Å². The second-order valence-electron chi connectivity index (χ2n) is 5.54. The molecule has 0 aromatic heterocycles. The highest BCUT2D eigenvalue weighted by Gasteiger charge is 2.43. The Balaban J connectivity index is 1.88. The van der Waals surface area contributed by atoms with Crippen molar-refractivity contribution < 1.29 is 4.74 Å². The van der Waals surface area contributed by atoms with Crippen LogP contribution in [0.1, 0.15) is 39.5 Å². The molecule has 2 rings (SSSR count). The minimum absolute atomic E-state index is 0.397. The first kappa shape index (κ1) is 10.4. The van der Waals surface area contributed by atoms with E-state index in [1.807, 2.05) is 0 Å². The SMILES string of the molecule is CC(C)OC1CCC2(CCN(C)C2)C1. The Labute approximate surface area is 87.6 Å². The topological polar surface area (TPSA) is 12.5 Å². The summed E-state index contributed by atoms with van der Waals surface area (Å²) in [6.45, 7) is 6.87. The van der Waals surface area contributed by atoms with Crippen LogP contribution < -0.4 is 0 Å². The maximum Gasteiger partial charge on any atom is 0.0584 e. The molecule has 2 unspecified atom stereocenters. The van der Waals surface area contributed by atoms with Gasteiger partial charge in [0.05, 0.1) is 12.2 Å². The van der Waals surface area contributed by atoms with Crippen LogP contribution in [0.3, 0.4) is 0 Å². The summed E-state index contributed by atoms with van der Waals surface area (Å²) < 4.78 is 5.91. The van der Waals surface area contributed by atoms with Crippen molar-refractivity contribution in [3.63, 3.8) is 0 Å². The van der Waals surface area contributed by atoms with Crippen LogP contribution in [0.2, 0.25) is 0 Å². The van der Waals surface area contributed by atoms with E-state index in [1.165, 1.54) is 38.8 Å². The Bertz CT molecular complexity index is 204. The van der Waals surface area contributed by atoms with Crippen molar-refractivity contribution in [2.75, 3.05) is 20.1 Å². The molecule has 2 fully saturated rings. The van der Waals surface area contributed by atoms with Crippen molar-refractivity contribution in [1.82, 2.24) is 4.90 Å². The second kappa shape index (κ2) is 3.82. The van der Waals surface area contributed by atoms with E-state index in [0.29, 0.717) is 17.6 Å². The summed E-state index contributed by atoms with van der Waals surface area (Å²) in [5, 5.41) is 0. The molecule has 82 valence electrons. The molecule has 2 nitrogen and oxygen atoms in total. The van der Waals surface area contributed by atoms with Crippen LogP contribution in [0.15, 0.2) is 0 Å². The van der Waals surface area contributed by atoms with Crippen LogP contribution in [-0.2, 0) is 4.74 Å². The summed E-state index contributed by atoms with van der Waals surface area (Å²) in [4.78, 5) is 2.47. The van der Waals surface area contributed by atoms with Gasteiger partial charge in [0.2, 0.25) is 0 Å². The number of nitrogens with zero attached hydrogens (tertiary/aromatic N) is 1. The zero-order chi connectivity index (χ0) is 10.2. The molecule has 0 aromatic rings. The molecule has 0 amide bonds. The van der Waals surface area contributed by atoms with Crippen molar-refractivity contribution in [3.05, 3.63) is 0 Å². The fourth-order valence-corrected chi connectivity index (χ4v) is 3.18. The van der Waals surface area contributed by atoms with E-state index in [2.05, 4.69) is 25.8 Å². The largest absolute Gasteiger partial charge is 0.376 e. The van der Waals surface area contributed by atoms with E-state index in [1.54, 1.807) is 0 Å². The summed E-state index contributed by atoms with van der Waals surface area (Å²) in [6, 6.07) is 0. The third-order valence-electron chi connectivity index (χ3n) is 3.75. The maximum atomic E-state index is 5.91. The molecule has 2 atom stereocenters. The van der Waals surface area contributed by atoms with Gasteiger partial charge in [0.25, 0.3) is 0 Å². The fourth-order valence-electron chi connectivity index (χ4n) is 3.18. The van der Waals surface area contributed by atoms with Gasteiger partial charge < -0.3 is 9.64 Å². The molecule has 2 aliphatic rings. The first-order valence-electron chi connectivity index (χ1n) is 5.94. The van der Waals surface area contributed by atoms with Crippen LogP contribution in [-0.4, -0.2) is 37.2 Å². The minimum atomic E-state index is 0.397. The summed E-state index contributed by atoms with van der Waals surface area (Å²) in [5.41, 5.74) is 0.619. The molecule has 14 heavy (non-hydrogen) atoms. The predicted octanol–water partition coefficient (Wildman–Crippen LogP) is 2.29. The van der Waals surface area contributed by atoms with Gasteiger partial charge in [-0.3, -0.25) is 0 Å². The number of hydrogen-bond acceptors (Lipinski definition) is 2. The lowest BCUT2D eigenvalue weighted by Crippen LogP contribution is -2.24. The third kappa shape index (κ3) is 2.12. The Kier molecular flexibility index (Phi) is 2.85. The zero-order valence-corrected chi connectivity index (χ0v) is 9.75. The quantitative estimate of drug-likeness (QED) is 0.673. The van der Waals surface area contributed by atoms with Crippen molar-refractivity contribution >= 4 is 0 Å². The normalized spacial score (nSPS) is 39.0. The first-order valence-corrected chi connectivity index (χ1v) is 5.94. The monoisotopic (exact) mass is 197 g/mol. The maximum absolute atomic E-state index is 5.91. The Morgan fingerprint density at radius 1 is 1.36 bits per heavy atom. The highest BCUT2D eigenvalue weighted by Crippen LogP contribution is 2.46. The summed E-state index contributed by atoms with van der Waals surface area (Å²) >= 11 is 0. The fraction of sp³-hybridized carbons (Fsp3) is 1.00. The molecule has 1 aliphatic heterocycles. The predicted molar refractivity (Wildman–Crippen MR) is 58.4 cm³/mol. The number of rotatable bonds is 2. The van der Waals surface area contributed by atoms with Crippen LogP contribution in [0.25, 0.3) is 0 Å². The molecule has 1 heterocycles. The van der Waals surface area contributed by atoms with Crippen molar-refractivity contribution in [2.24, 2.45) is 5.41 Å². The van der Waals surface area contributed by atoms with E-state index in [9.17, 15) is 0 Å². The molecule has 1 saturated heterocycles. The molecular weight excluding hydrogens is 174 g/mol. The Morgan fingerprint density at radius 2 is 2.14 bits per heavy atom. The van der Waals surface area contributed by atoms with Crippen molar-refractivity contribution in [2.45, 2.75) is 51.7 Å². The minimum Gasteiger partial charge on any atom is -0.376 e. The third-order valence-corrected chi connectivity index (χ3v) is 3.75. The van der Waals surface area contributed by atoms with Crippen LogP contribution in [0, 0.1) is 5.41 Å². The smallest absolute Gasteiger partial charge is 0.0584 e. The average Bonchev–Trinajstić information content (AvgIpc) is 2.60. The molecule has 1 spiro atoms. The molecule has 1 saturated carbocycles. The van der Waals surface area contributed by atoms with Gasteiger partial charge >= 0.3 is 0 Å². The lowest BCUT2D eigenvalue weighted by atomic mass is 9.85. The zero-order valence-electron chi connectivity index (χ0n) is 9.75. The van der Waals surface area contributed by atoms with Gasteiger partial charge in [-0.2, -0.15) is 0 Å². The van der Waals surface area contributed by atoms with E-state index in [4.69, 9.17) is 4.74 Å². The molecule has 1 aliphatic carbocycles. The average molecular weight is 197 g/mol. The summed E-state index contributed by atoms with van der Waals surface area (Å²) in [6.07, 6.45) is 6.30. The molecule has 0 bridgehead atoms. The van der Waals surface area contributed by atoms with Gasteiger partial charge in [0.1, 0.15) is 0 Å². The number of likely N-dealkylation sites (tertiary alicyclic amines) is 1. The molecular formula is C12H23NO. The van der Waals surface area contributed by atoms with E-state index >= 15 is 0 Å². The highest BCUT2D eigenvalue weighted by atomic mass is 16.5. The van der Waals surface area contributed by atoms with Gasteiger partial charge in [-0.25, -0.2) is 0 Å². The van der Waals surface area contributed by atoms with Gasteiger partial charge in [0.15, 0.2) is 0 Å². The molecule has 0 aromatic carbocycles. The van der Waals surface area contributed by atoms with Gasteiger partial charge in [-0.05, 0) is 58.5 Å². The van der Waals surface area contributed by atoms with E-state index < -0.39 is 0 Å². The Hall–Kier alpha value is -0.0800. The lowest BCUT2D eigenvalue weighted by Gasteiger charge is -2.23. The van der Waals surface area contributed by atoms with E-state index in [0.717, 1.165) is 0 Å². The number of hydrogen-bond donors (Lipinski definition) is 0. The Morgan fingerprint density at radius 3 is 2.71 bits per heavy atom. The van der Waals surface area contributed by atoms with Crippen molar-refractivity contribution in [3.8, 4) is 0 Å². The molecule has 0 N–H and O–H groups in total. The first-order chi connectivity index (χ1) is 6.60. The van der Waals surface area contributed by atoms with Crippen LogP contribution in [0.5, 0.6) is 0 Å². The van der Waals surface area contributed by atoms with Crippen LogP contribution >= 0.6 is 0 Å². The second-order valence-corrected chi connectivity index (χ2v) is 5.54. The van der Waals surface area contributed by atoms with Crippen molar-refractivity contribution in [1.29, 1.82) is 0 Å². The standard InChI is InChI=1S/C12H23NO/c1-10(2)14-11-4-5-12(8-11)6-7-13(3)9-12/h10-11H,4-9H2,1-3H3. The molecule has 2 heteroatoms.